The maximum Gasteiger partial charge on any atom is 0.307 e. The quantitative estimate of drug-likeness (QED) is 0.703. The molecule has 2 aromatic rings. The van der Waals surface area contributed by atoms with Crippen LogP contribution in [0.1, 0.15) is 5.56 Å². The molecule has 2 rings (SSSR count). The molecule has 4 nitrogen and oxygen atoms in total. The van der Waals surface area contributed by atoms with E-state index in [1.165, 1.54) is 12.3 Å². The Labute approximate surface area is 84.0 Å². The first-order valence-corrected chi connectivity index (χ1v) is 4.28. The number of nitrogens with one attached hydrogen (secondary N) is 1. The summed E-state index contributed by atoms with van der Waals surface area (Å²) in [7, 11) is 0. The molecule has 78 valence electrons. The van der Waals surface area contributed by atoms with Gasteiger partial charge in [-0.1, -0.05) is 0 Å². The Kier molecular flexibility index (Phi) is 2.07. The molecule has 0 aliphatic carbocycles. The molecule has 0 saturated carbocycles. The maximum atomic E-state index is 13.3. The fourth-order valence-corrected chi connectivity index (χ4v) is 1.54. The SMILES string of the molecule is O=C(O)Cc1c[nH]c2c(F)cc(O)cc12. The average molecular weight is 209 g/mol. The zero-order valence-corrected chi connectivity index (χ0v) is 7.62. The molecule has 0 spiro atoms. The minimum atomic E-state index is -1.00. The Hall–Kier alpha value is -2.04. The van der Waals surface area contributed by atoms with Crippen LogP contribution < -0.4 is 0 Å². The highest BCUT2D eigenvalue weighted by atomic mass is 19.1. The highest BCUT2D eigenvalue weighted by Crippen LogP contribution is 2.26. The van der Waals surface area contributed by atoms with Crippen LogP contribution in [0.4, 0.5) is 4.39 Å². The van der Waals surface area contributed by atoms with Crippen LogP contribution >= 0.6 is 0 Å². The van der Waals surface area contributed by atoms with Gasteiger partial charge in [-0.2, -0.15) is 0 Å². The number of benzene rings is 1. The molecule has 15 heavy (non-hydrogen) atoms. The van der Waals surface area contributed by atoms with Crippen LogP contribution in [0, 0.1) is 5.82 Å². The van der Waals surface area contributed by atoms with Crippen LogP contribution in [-0.4, -0.2) is 21.2 Å². The summed E-state index contributed by atoms with van der Waals surface area (Å²) in [6.45, 7) is 0. The number of carboxylic acids is 1. The van der Waals surface area contributed by atoms with Gasteiger partial charge in [-0.05, 0) is 11.6 Å². The average Bonchev–Trinajstić information content (AvgIpc) is 2.48. The molecule has 0 unspecified atom stereocenters. The molecular weight excluding hydrogens is 201 g/mol. The molecule has 0 fully saturated rings. The number of carbonyl (C=O) groups is 1. The lowest BCUT2D eigenvalue weighted by Crippen LogP contribution is -1.98. The van der Waals surface area contributed by atoms with Crippen LogP contribution in [-0.2, 0) is 11.2 Å². The van der Waals surface area contributed by atoms with Gasteiger partial charge in [-0.3, -0.25) is 4.79 Å². The van der Waals surface area contributed by atoms with Crippen LogP contribution in [0.2, 0.25) is 0 Å². The van der Waals surface area contributed by atoms with E-state index >= 15 is 0 Å². The lowest BCUT2D eigenvalue weighted by atomic mass is 10.1. The van der Waals surface area contributed by atoms with Crippen LogP contribution in [0.3, 0.4) is 0 Å². The number of aromatic hydroxyl groups is 1. The summed E-state index contributed by atoms with van der Waals surface area (Å²) in [6, 6.07) is 2.32. The van der Waals surface area contributed by atoms with Gasteiger partial charge < -0.3 is 15.2 Å². The number of fused-ring (bicyclic) bond motifs is 1. The largest absolute Gasteiger partial charge is 0.508 e. The van der Waals surface area contributed by atoms with Crippen molar-refractivity contribution < 1.29 is 19.4 Å². The topological polar surface area (TPSA) is 73.3 Å². The van der Waals surface area contributed by atoms with Crippen molar-refractivity contribution in [3.8, 4) is 5.75 Å². The Morgan fingerprint density at radius 3 is 2.87 bits per heavy atom. The standard InChI is InChI=1S/C10H8FNO3/c11-8-3-6(13)2-7-5(1-9(14)15)4-12-10(7)8/h2-4,12-13H,1H2,(H,14,15). The Morgan fingerprint density at radius 2 is 2.20 bits per heavy atom. The number of phenolic OH excluding ortho intramolecular Hbond substituents is 1. The molecule has 0 bridgehead atoms. The van der Waals surface area contributed by atoms with Gasteiger partial charge in [0.1, 0.15) is 5.75 Å². The molecule has 0 amide bonds. The molecular formula is C10H8FNO3. The third-order valence-corrected chi connectivity index (χ3v) is 2.15. The van der Waals surface area contributed by atoms with Crippen molar-refractivity contribution in [2.24, 2.45) is 0 Å². The van der Waals surface area contributed by atoms with Crippen LogP contribution in [0.5, 0.6) is 5.75 Å². The second-order valence-corrected chi connectivity index (χ2v) is 3.23. The van der Waals surface area contributed by atoms with Gasteiger partial charge in [0.25, 0.3) is 0 Å². The minimum Gasteiger partial charge on any atom is -0.508 e. The van der Waals surface area contributed by atoms with E-state index in [-0.39, 0.29) is 17.7 Å². The molecule has 0 radical (unpaired) electrons. The van der Waals surface area contributed by atoms with Crippen molar-refractivity contribution in [1.29, 1.82) is 0 Å². The van der Waals surface area contributed by atoms with Gasteiger partial charge in [-0.15, -0.1) is 0 Å². The van der Waals surface area contributed by atoms with E-state index < -0.39 is 11.8 Å². The van der Waals surface area contributed by atoms with Gasteiger partial charge >= 0.3 is 5.97 Å². The summed E-state index contributed by atoms with van der Waals surface area (Å²) in [5.41, 5.74) is 0.663. The first-order valence-electron chi connectivity index (χ1n) is 4.28. The number of halogens is 1. The number of hydrogen-bond donors (Lipinski definition) is 3. The number of hydrogen-bond acceptors (Lipinski definition) is 2. The third-order valence-electron chi connectivity index (χ3n) is 2.15. The Bertz CT molecular complexity index is 533. The number of aromatic nitrogens is 1. The fourth-order valence-electron chi connectivity index (χ4n) is 1.54. The number of aliphatic carboxylic acids is 1. The Balaban J connectivity index is 2.63. The Morgan fingerprint density at radius 1 is 1.47 bits per heavy atom. The monoisotopic (exact) mass is 209 g/mol. The van der Waals surface area contributed by atoms with Crippen LogP contribution in [0.15, 0.2) is 18.3 Å². The molecule has 1 heterocycles. The number of phenols is 1. The molecule has 1 aromatic carbocycles. The van der Waals surface area contributed by atoms with E-state index in [4.69, 9.17) is 5.11 Å². The number of H-pyrrole nitrogens is 1. The highest BCUT2D eigenvalue weighted by molar-refractivity contribution is 5.88. The number of aromatic amines is 1. The zero-order chi connectivity index (χ0) is 11.0. The number of carboxylic acid groups (broad SMARTS) is 1. The van der Waals surface area contributed by atoms with E-state index in [0.717, 1.165) is 6.07 Å². The van der Waals surface area contributed by atoms with Gasteiger partial charge in [0, 0.05) is 17.6 Å². The summed E-state index contributed by atoms with van der Waals surface area (Å²) in [5.74, 6) is -1.81. The summed E-state index contributed by atoms with van der Waals surface area (Å²) in [6.07, 6.45) is 1.23. The predicted octanol–water partition coefficient (Wildman–Crippen LogP) is 1.64. The maximum absolute atomic E-state index is 13.3. The van der Waals surface area contributed by atoms with E-state index in [1.807, 2.05) is 0 Å². The van der Waals surface area contributed by atoms with Crippen molar-refractivity contribution in [3.63, 3.8) is 0 Å². The van der Waals surface area contributed by atoms with Crippen molar-refractivity contribution in [1.82, 2.24) is 4.98 Å². The van der Waals surface area contributed by atoms with Gasteiger partial charge in [0.15, 0.2) is 5.82 Å². The van der Waals surface area contributed by atoms with E-state index in [9.17, 15) is 14.3 Å². The molecule has 1 aromatic heterocycles. The summed E-state index contributed by atoms with van der Waals surface area (Å²) in [4.78, 5) is 13.1. The number of rotatable bonds is 2. The molecule has 3 N–H and O–H groups in total. The second-order valence-electron chi connectivity index (χ2n) is 3.23. The van der Waals surface area contributed by atoms with Gasteiger partial charge in [0.05, 0.1) is 11.9 Å². The van der Waals surface area contributed by atoms with E-state index in [0.29, 0.717) is 10.9 Å². The third kappa shape index (κ3) is 1.63. The van der Waals surface area contributed by atoms with Gasteiger partial charge in [0.2, 0.25) is 0 Å². The van der Waals surface area contributed by atoms with Crippen molar-refractivity contribution in [3.05, 3.63) is 29.7 Å². The van der Waals surface area contributed by atoms with Crippen molar-refractivity contribution in [2.75, 3.05) is 0 Å². The molecule has 5 heteroatoms. The minimum absolute atomic E-state index is 0.205. The van der Waals surface area contributed by atoms with E-state index in [1.54, 1.807) is 0 Å². The lowest BCUT2D eigenvalue weighted by Gasteiger charge is -1.97. The fraction of sp³-hybridized carbons (Fsp3) is 0.100. The van der Waals surface area contributed by atoms with E-state index in [2.05, 4.69) is 4.98 Å². The molecule has 0 saturated heterocycles. The summed E-state index contributed by atoms with van der Waals surface area (Å²) >= 11 is 0. The van der Waals surface area contributed by atoms with Crippen LogP contribution in [0.25, 0.3) is 10.9 Å². The predicted molar refractivity (Wildman–Crippen MR) is 51.3 cm³/mol. The first-order chi connectivity index (χ1) is 7.08. The first kappa shape index (κ1) is 9.51. The summed E-state index contributed by atoms with van der Waals surface area (Å²) < 4.78 is 13.3. The van der Waals surface area contributed by atoms with Crippen molar-refractivity contribution >= 4 is 16.9 Å². The molecule has 0 atom stereocenters. The lowest BCUT2D eigenvalue weighted by molar-refractivity contribution is -0.136. The van der Waals surface area contributed by atoms with Gasteiger partial charge in [-0.25, -0.2) is 4.39 Å². The zero-order valence-electron chi connectivity index (χ0n) is 7.62. The van der Waals surface area contributed by atoms with Crippen molar-refractivity contribution in [2.45, 2.75) is 6.42 Å². The smallest absolute Gasteiger partial charge is 0.307 e. The molecule has 0 aliphatic rings. The summed E-state index contributed by atoms with van der Waals surface area (Å²) in [5, 5.41) is 18.2. The normalized spacial score (nSPS) is 10.7. The second kappa shape index (κ2) is 3.27. The molecule has 0 aliphatic heterocycles. The highest BCUT2D eigenvalue weighted by Gasteiger charge is 2.11.